The quantitative estimate of drug-likeness (QED) is 0.354. The summed E-state index contributed by atoms with van der Waals surface area (Å²) in [6.45, 7) is 10.1. The standard InChI is InChI=1S/C9H22O3Si.C6H16O3SSi/c1-5-9-13(10-6-2,11-7-3)12-8-4;1-7-11(8-2,9-3)6-4-5-10/h5-9H2,1-4H3;10H,4-6H2,1-3H3. The van der Waals surface area contributed by atoms with Crippen LogP contribution in [-0.2, 0) is 26.6 Å². The van der Waals surface area contributed by atoms with Crippen LogP contribution in [0.5, 0.6) is 0 Å². The van der Waals surface area contributed by atoms with E-state index in [0.717, 1.165) is 30.7 Å². The van der Waals surface area contributed by atoms with Crippen molar-refractivity contribution in [1.82, 2.24) is 0 Å². The molecule has 0 aliphatic heterocycles. The van der Waals surface area contributed by atoms with Crippen LogP contribution in [0.3, 0.4) is 0 Å². The van der Waals surface area contributed by atoms with Crippen LogP contribution in [0.25, 0.3) is 0 Å². The van der Waals surface area contributed by atoms with Crippen molar-refractivity contribution in [2.24, 2.45) is 0 Å². The Morgan fingerprint density at radius 2 is 1.08 bits per heavy atom. The molecule has 9 heteroatoms. The first kappa shape index (κ1) is 26.8. The predicted octanol–water partition coefficient (Wildman–Crippen LogP) is 3.63. The molecule has 0 spiro atoms. The Bertz CT molecular complexity index is 233. The summed E-state index contributed by atoms with van der Waals surface area (Å²) in [6.07, 6.45) is 2.01. The highest BCUT2D eigenvalue weighted by Gasteiger charge is 2.39. The number of hydrogen-bond acceptors (Lipinski definition) is 7. The van der Waals surface area contributed by atoms with Gasteiger partial charge in [-0.25, -0.2) is 0 Å². The van der Waals surface area contributed by atoms with Gasteiger partial charge in [-0.05, 0) is 32.9 Å². The highest BCUT2D eigenvalue weighted by molar-refractivity contribution is 7.80. The third-order valence-electron chi connectivity index (χ3n) is 3.22. The molecule has 0 bridgehead atoms. The maximum Gasteiger partial charge on any atom is 0.500 e. The molecule has 148 valence electrons. The van der Waals surface area contributed by atoms with Gasteiger partial charge >= 0.3 is 17.6 Å². The van der Waals surface area contributed by atoms with Gasteiger partial charge in [0.15, 0.2) is 0 Å². The van der Waals surface area contributed by atoms with Gasteiger partial charge in [0.1, 0.15) is 0 Å². The monoisotopic (exact) mass is 402 g/mol. The Labute approximate surface area is 156 Å². The summed E-state index contributed by atoms with van der Waals surface area (Å²) in [5.41, 5.74) is 0. The minimum atomic E-state index is -2.30. The summed E-state index contributed by atoms with van der Waals surface area (Å²) in [5, 5.41) is 0. The van der Waals surface area contributed by atoms with Gasteiger partial charge in [-0.15, -0.1) is 0 Å². The molecule has 0 rings (SSSR count). The van der Waals surface area contributed by atoms with Crippen molar-refractivity contribution < 1.29 is 26.6 Å². The second-order valence-corrected chi connectivity index (χ2v) is 11.1. The number of rotatable bonds is 14. The molecule has 0 atom stereocenters. The van der Waals surface area contributed by atoms with Gasteiger partial charge in [-0.2, -0.15) is 12.6 Å². The smallest absolute Gasteiger partial charge is 0.377 e. The molecule has 0 saturated heterocycles. The van der Waals surface area contributed by atoms with E-state index in [9.17, 15) is 0 Å². The topological polar surface area (TPSA) is 55.4 Å². The van der Waals surface area contributed by atoms with Crippen molar-refractivity contribution in [3.05, 3.63) is 0 Å². The fourth-order valence-corrected chi connectivity index (χ4v) is 6.95. The van der Waals surface area contributed by atoms with E-state index in [1.807, 2.05) is 20.8 Å². The lowest BCUT2D eigenvalue weighted by Gasteiger charge is -2.27. The normalized spacial score (nSPS) is 12.0. The molecule has 6 nitrogen and oxygen atoms in total. The summed E-state index contributed by atoms with van der Waals surface area (Å²) in [7, 11) is 0.285. The fourth-order valence-electron chi connectivity index (χ4n) is 2.16. The second kappa shape index (κ2) is 17.0. The van der Waals surface area contributed by atoms with E-state index in [4.69, 9.17) is 26.6 Å². The highest BCUT2D eigenvalue weighted by Crippen LogP contribution is 2.17. The highest BCUT2D eigenvalue weighted by atomic mass is 32.1. The molecular formula is C15H38O6SSi2. The van der Waals surface area contributed by atoms with E-state index >= 15 is 0 Å². The molecule has 0 radical (unpaired) electrons. The Morgan fingerprint density at radius 1 is 0.667 bits per heavy atom. The van der Waals surface area contributed by atoms with Crippen molar-refractivity contribution in [3.8, 4) is 0 Å². The van der Waals surface area contributed by atoms with Crippen LogP contribution in [0.15, 0.2) is 0 Å². The maximum absolute atomic E-state index is 5.65. The van der Waals surface area contributed by atoms with Crippen LogP contribution in [0.2, 0.25) is 12.1 Å². The molecule has 0 unspecified atom stereocenters. The summed E-state index contributed by atoms with van der Waals surface area (Å²) < 4.78 is 32.5. The third kappa shape index (κ3) is 11.2. The van der Waals surface area contributed by atoms with Crippen LogP contribution in [0.4, 0.5) is 0 Å². The van der Waals surface area contributed by atoms with Gasteiger partial charge in [-0.3, -0.25) is 0 Å². The lowest BCUT2D eigenvalue weighted by atomic mass is 10.6. The van der Waals surface area contributed by atoms with Gasteiger partial charge in [-0.1, -0.05) is 13.3 Å². The van der Waals surface area contributed by atoms with Gasteiger partial charge < -0.3 is 26.6 Å². The number of thiol groups is 1. The molecule has 0 amide bonds. The van der Waals surface area contributed by atoms with E-state index < -0.39 is 17.6 Å². The van der Waals surface area contributed by atoms with Crippen molar-refractivity contribution in [2.45, 2.75) is 52.6 Å². The van der Waals surface area contributed by atoms with Gasteiger partial charge in [0.05, 0.1) is 0 Å². The van der Waals surface area contributed by atoms with Crippen molar-refractivity contribution in [1.29, 1.82) is 0 Å². The van der Waals surface area contributed by atoms with E-state index in [0.29, 0.717) is 19.8 Å². The summed E-state index contributed by atoms with van der Waals surface area (Å²) >= 11 is 4.10. The van der Waals surface area contributed by atoms with Crippen LogP contribution in [-0.4, -0.2) is 64.5 Å². The molecule has 0 saturated carbocycles. The number of hydrogen-bond donors (Lipinski definition) is 1. The van der Waals surface area contributed by atoms with Crippen LogP contribution >= 0.6 is 12.6 Å². The zero-order valence-electron chi connectivity index (χ0n) is 16.6. The summed E-state index contributed by atoms with van der Waals surface area (Å²) in [6, 6.07) is 1.75. The lowest BCUT2D eigenvalue weighted by Crippen LogP contribution is -2.45. The molecular weight excluding hydrogens is 364 g/mol. The SMILES string of the molecule is CCC[Si](OCC)(OCC)OCC.CO[Si](CCCS)(OC)OC. The average molecular weight is 403 g/mol. The fraction of sp³-hybridized carbons (Fsp3) is 1.00. The largest absolute Gasteiger partial charge is 0.500 e. The van der Waals surface area contributed by atoms with E-state index in [1.165, 1.54) is 0 Å². The van der Waals surface area contributed by atoms with Crippen molar-refractivity contribution in [2.75, 3.05) is 46.9 Å². The Balaban J connectivity index is 0. The summed E-state index contributed by atoms with van der Waals surface area (Å²) in [4.78, 5) is 0. The minimum absolute atomic E-state index is 0.673. The first-order valence-electron chi connectivity index (χ1n) is 8.67. The first-order valence-corrected chi connectivity index (χ1v) is 13.2. The molecule has 0 aliphatic rings. The van der Waals surface area contributed by atoms with Crippen LogP contribution in [0, 0.1) is 0 Å². The van der Waals surface area contributed by atoms with Crippen molar-refractivity contribution in [3.63, 3.8) is 0 Å². The Kier molecular flexibility index (Phi) is 18.9. The molecule has 0 aromatic rings. The first-order chi connectivity index (χ1) is 11.5. The molecule has 24 heavy (non-hydrogen) atoms. The lowest BCUT2D eigenvalue weighted by molar-refractivity contribution is 0.0711. The van der Waals surface area contributed by atoms with Crippen LogP contribution < -0.4 is 0 Å². The molecule has 0 aliphatic carbocycles. The van der Waals surface area contributed by atoms with Gasteiger partial charge in [0.2, 0.25) is 0 Å². The Morgan fingerprint density at radius 3 is 1.33 bits per heavy atom. The molecule has 0 N–H and O–H groups in total. The zero-order valence-corrected chi connectivity index (χ0v) is 19.4. The second-order valence-electron chi connectivity index (χ2n) is 4.85. The molecule has 0 heterocycles. The minimum Gasteiger partial charge on any atom is -0.377 e. The Hall–Kier alpha value is 0.544. The van der Waals surface area contributed by atoms with E-state index in [2.05, 4.69) is 19.6 Å². The molecule has 0 aromatic heterocycles. The predicted molar refractivity (Wildman–Crippen MR) is 106 cm³/mol. The van der Waals surface area contributed by atoms with Gasteiger partial charge in [0, 0.05) is 53.2 Å². The molecule has 0 fully saturated rings. The van der Waals surface area contributed by atoms with Crippen molar-refractivity contribution >= 4 is 30.2 Å². The molecule has 0 aromatic carbocycles. The summed E-state index contributed by atoms with van der Waals surface area (Å²) in [5.74, 6) is 0.838. The van der Waals surface area contributed by atoms with E-state index in [1.54, 1.807) is 21.3 Å². The van der Waals surface area contributed by atoms with E-state index in [-0.39, 0.29) is 0 Å². The third-order valence-corrected chi connectivity index (χ3v) is 9.67. The average Bonchev–Trinajstić information content (AvgIpc) is 2.58. The van der Waals surface area contributed by atoms with Crippen LogP contribution in [0.1, 0.15) is 40.5 Å². The van der Waals surface area contributed by atoms with Gasteiger partial charge in [0.25, 0.3) is 0 Å². The zero-order chi connectivity index (χ0) is 18.9. The maximum atomic E-state index is 5.65.